The summed E-state index contributed by atoms with van der Waals surface area (Å²) in [6, 6.07) is 13.8. The van der Waals surface area contributed by atoms with Crippen molar-refractivity contribution in [3.05, 3.63) is 71.0 Å². The highest BCUT2D eigenvalue weighted by Gasteiger charge is 2.16. The summed E-state index contributed by atoms with van der Waals surface area (Å²) in [6.45, 7) is 2.40. The highest BCUT2D eigenvalue weighted by atomic mass is 19.1. The van der Waals surface area contributed by atoms with E-state index < -0.39 is 0 Å². The molecule has 0 spiro atoms. The van der Waals surface area contributed by atoms with Gasteiger partial charge in [0.1, 0.15) is 5.82 Å². The van der Waals surface area contributed by atoms with Crippen molar-refractivity contribution in [1.29, 1.82) is 0 Å². The Hall–Kier alpha value is -2.20. The minimum Gasteiger partial charge on any atom is -0.350 e. The zero-order chi connectivity index (χ0) is 16.1. The normalized spacial score (nSPS) is 12.2. The summed E-state index contributed by atoms with van der Waals surface area (Å²) in [4.78, 5) is 14.1. The van der Waals surface area contributed by atoms with E-state index in [-0.39, 0.29) is 17.8 Å². The molecule has 1 amide bonds. The highest BCUT2D eigenvalue weighted by Crippen LogP contribution is 2.18. The van der Waals surface area contributed by atoms with Gasteiger partial charge in [-0.25, -0.2) is 4.39 Å². The van der Waals surface area contributed by atoms with Crippen LogP contribution in [0.4, 0.5) is 4.39 Å². The monoisotopic (exact) mass is 300 g/mol. The fourth-order valence-corrected chi connectivity index (χ4v) is 2.31. The second-order valence-corrected chi connectivity index (χ2v) is 5.61. The van der Waals surface area contributed by atoms with Crippen molar-refractivity contribution >= 4 is 5.91 Å². The van der Waals surface area contributed by atoms with Gasteiger partial charge in [0.25, 0.3) is 5.91 Å². The van der Waals surface area contributed by atoms with Gasteiger partial charge >= 0.3 is 0 Å². The maximum Gasteiger partial charge on any atom is 0.251 e. The third-order valence-electron chi connectivity index (χ3n) is 3.63. The fourth-order valence-electron chi connectivity index (χ4n) is 2.31. The molecule has 0 aliphatic heterocycles. The van der Waals surface area contributed by atoms with Gasteiger partial charge in [-0.05, 0) is 50.8 Å². The predicted octanol–water partition coefficient (Wildman–Crippen LogP) is 3.17. The molecule has 22 heavy (non-hydrogen) atoms. The standard InChI is InChI=1S/C18H21FN2O/c1-13-7-9-14(10-8-13)18(22)20-12-17(21(2)3)15-5-4-6-16(19)11-15/h4-11,17H,12H2,1-3H3,(H,20,22). The number of benzene rings is 2. The number of rotatable bonds is 5. The lowest BCUT2D eigenvalue weighted by Gasteiger charge is -2.25. The topological polar surface area (TPSA) is 32.3 Å². The number of halogens is 1. The molecule has 0 aliphatic rings. The summed E-state index contributed by atoms with van der Waals surface area (Å²) >= 11 is 0. The van der Waals surface area contributed by atoms with Crippen LogP contribution in [0.1, 0.15) is 27.5 Å². The molecule has 1 unspecified atom stereocenters. The Morgan fingerprint density at radius 2 is 1.86 bits per heavy atom. The van der Waals surface area contributed by atoms with E-state index in [1.165, 1.54) is 12.1 Å². The molecule has 0 fully saturated rings. The van der Waals surface area contributed by atoms with Crippen LogP contribution in [0.3, 0.4) is 0 Å². The average Bonchev–Trinajstić information content (AvgIpc) is 2.47. The lowest BCUT2D eigenvalue weighted by molar-refractivity contribution is 0.0942. The van der Waals surface area contributed by atoms with Gasteiger partial charge in [-0.3, -0.25) is 4.79 Å². The third kappa shape index (κ3) is 4.15. The number of aryl methyl sites for hydroxylation is 1. The Labute approximate surface area is 130 Å². The molecule has 1 atom stereocenters. The van der Waals surface area contributed by atoms with Gasteiger partial charge in [0.2, 0.25) is 0 Å². The predicted molar refractivity (Wildman–Crippen MR) is 86.3 cm³/mol. The van der Waals surface area contributed by atoms with E-state index in [0.29, 0.717) is 12.1 Å². The minimum atomic E-state index is -0.269. The molecule has 4 heteroatoms. The Balaban J connectivity index is 2.06. The van der Waals surface area contributed by atoms with E-state index in [1.54, 1.807) is 18.2 Å². The van der Waals surface area contributed by atoms with Gasteiger partial charge in [0.05, 0.1) is 6.04 Å². The SMILES string of the molecule is Cc1ccc(C(=O)NCC(c2cccc(F)c2)N(C)C)cc1. The van der Waals surface area contributed by atoms with Gasteiger partial charge < -0.3 is 10.2 Å². The molecule has 0 heterocycles. The number of carbonyl (C=O) groups excluding carboxylic acids is 1. The van der Waals surface area contributed by atoms with Crippen molar-refractivity contribution in [2.75, 3.05) is 20.6 Å². The molecule has 0 saturated heterocycles. The quantitative estimate of drug-likeness (QED) is 0.920. The lowest BCUT2D eigenvalue weighted by atomic mass is 10.1. The zero-order valence-corrected chi connectivity index (χ0v) is 13.1. The number of carbonyl (C=O) groups is 1. The second kappa shape index (κ2) is 7.18. The van der Waals surface area contributed by atoms with Crippen molar-refractivity contribution in [3.8, 4) is 0 Å². The van der Waals surface area contributed by atoms with Crippen LogP contribution < -0.4 is 5.32 Å². The van der Waals surface area contributed by atoms with Crippen LogP contribution in [-0.4, -0.2) is 31.4 Å². The highest BCUT2D eigenvalue weighted by molar-refractivity contribution is 5.94. The van der Waals surface area contributed by atoms with E-state index in [9.17, 15) is 9.18 Å². The number of likely N-dealkylation sites (N-methyl/N-ethyl adjacent to an activating group) is 1. The maximum absolute atomic E-state index is 13.4. The number of hydrogen-bond acceptors (Lipinski definition) is 2. The van der Waals surface area contributed by atoms with Gasteiger partial charge in [0, 0.05) is 12.1 Å². The first-order valence-electron chi connectivity index (χ1n) is 7.24. The average molecular weight is 300 g/mol. The van der Waals surface area contributed by atoms with Gasteiger partial charge in [-0.2, -0.15) is 0 Å². The van der Waals surface area contributed by atoms with Crippen LogP contribution in [0.15, 0.2) is 48.5 Å². The summed E-state index contributed by atoms with van der Waals surface area (Å²) in [6.07, 6.45) is 0. The number of amides is 1. The summed E-state index contributed by atoms with van der Waals surface area (Å²) < 4.78 is 13.4. The molecule has 0 radical (unpaired) electrons. The fraction of sp³-hybridized carbons (Fsp3) is 0.278. The van der Waals surface area contributed by atoms with Gasteiger partial charge in [0.15, 0.2) is 0 Å². The first-order chi connectivity index (χ1) is 10.5. The molecular formula is C18H21FN2O. The first-order valence-corrected chi connectivity index (χ1v) is 7.24. The largest absolute Gasteiger partial charge is 0.350 e. The molecule has 2 rings (SSSR count). The molecule has 1 N–H and O–H groups in total. The van der Waals surface area contributed by atoms with E-state index in [0.717, 1.165) is 11.1 Å². The molecule has 3 nitrogen and oxygen atoms in total. The Morgan fingerprint density at radius 3 is 2.45 bits per heavy atom. The number of hydrogen-bond donors (Lipinski definition) is 1. The van der Waals surface area contributed by atoms with Crippen molar-refractivity contribution in [2.45, 2.75) is 13.0 Å². The third-order valence-corrected chi connectivity index (χ3v) is 3.63. The molecular weight excluding hydrogens is 279 g/mol. The van der Waals surface area contributed by atoms with E-state index in [1.807, 2.05) is 44.1 Å². The first kappa shape index (κ1) is 16.2. The van der Waals surface area contributed by atoms with Crippen molar-refractivity contribution in [1.82, 2.24) is 10.2 Å². The molecule has 0 aliphatic carbocycles. The molecule has 2 aromatic rings. The molecule has 0 saturated carbocycles. The zero-order valence-electron chi connectivity index (χ0n) is 13.1. The van der Waals surface area contributed by atoms with Gasteiger partial charge in [-0.15, -0.1) is 0 Å². The van der Waals surface area contributed by atoms with Crippen LogP contribution in [0.2, 0.25) is 0 Å². The summed E-state index contributed by atoms with van der Waals surface area (Å²) in [5.74, 6) is -0.391. The van der Waals surface area contributed by atoms with Crippen molar-refractivity contribution in [2.24, 2.45) is 0 Å². The summed E-state index contributed by atoms with van der Waals surface area (Å²) in [7, 11) is 3.82. The van der Waals surface area contributed by atoms with Crippen LogP contribution in [-0.2, 0) is 0 Å². The van der Waals surface area contributed by atoms with Crippen LogP contribution in [0.25, 0.3) is 0 Å². The smallest absolute Gasteiger partial charge is 0.251 e. The minimum absolute atomic E-state index is 0.0786. The van der Waals surface area contributed by atoms with Gasteiger partial charge in [-0.1, -0.05) is 29.8 Å². The Bertz CT molecular complexity index is 638. The number of nitrogens with one attached hydrogen (secondary N) is 1. The second-order valence-electron chi connectivity index (χ2n) is 5.61. The number of nitrogens with zero attached hydrogens (tertiary/aromatic N) is 1. The Kier molecular flexibility index (Phi) is 5.28. The molecule has 0 bridgehead atoms. The van der Waals surface area contributed by atoms with Crippen LogP contribution in [0, 0.1) is 12.7 Å². The molecule has 116 valence electrons. The summed E-state index contributed by atoms with van der Waals surface area (Å²) in [5.41, 5.74) is 2.58. The van der Waals surface area contributed by atoms with E-state index >= 15 is 0 Å². The van der Waals surface area contributed by atoms with E-state index in [4.69, 9.17) is 0 Å². The lowest BCUT2D eigenvalue weighted by Crippen LogP contribution is -2.34. The van der Waals surface area contributed by atoms with Crippen molar-refractivity contribution < 1.29 is 9.18 Å². The van der Waals surface area contributed by atoms with Crippen LogP contribution in [0.5, 0.6) is 0 Å². The maximum atomic E-state index is 13.4. The molecule has 0 aromatic heterocycles. The van der Waals surface area contributed by atoms with E-state index in [2.05, 4.69) is 5.32 Å². The summed E-state index contributed by atoms with van der Waals surface area (Å²) in [5, 5.41) is 2.91. The molecule has 2 aromatic carbocycles. The Morgan fingerprint density at radius 1 is 1.18 bits per heavy atom. The van der Waals surface area contributed by atoms with Crippen molar-refractivity contribution in [3.63, 3.8) is 0 Å². The van der Waals surface area contributed by atoms with Crippen LogP contribution >= 0.6 is 0 Å².